The van der Waals surface area contributed by atoms with Crippen molar-refractivity contribution in [3.05, 3.63) is 52.7 Å². The average molecular weight is 408 g/mol. The van der Waals surface area contributed by atoms with E-state index in [0.717, 1.165) is 42.3 Å². The summed E-state index contributed by atoms with van der Waals surface area (Å²) in [5.74, 6) is 1.06. The Balaban J connectivity index is 1.43. The Bertz CT molecular complexity index is 982. The lowest BCUT2D eigenvalue weighted by Crippen LogP contribution is -2.49. The predicted octanol–water partition coefficient (Wildman–Crippen LogP) is 2.84. The quantitative estimate of drug-likeness (QED) is 0.785. The zero-order chi connectivity index (χ0) is 21.4. The van der Waals surface area contributed by atoms with Gasteiger partial charge in [0.05, 0.1) is 0 Å². The molecule has 1 aromatic carbocycles. The molecule has 2 aromatic rings. The highest BCUT2D eigenvalue weighted by Crippen LogP contribution is 2.25. The van der Waals surface area contributed by atoms with Crippen LogP contribution in [0.2, 0.25) is 0 Å². The highest BCUT2D eigenvalue weighted by Gasteiger charge is 2.28. The van der Waals surface area contributed by atoms with Crippen molar-refractivity contribution >= 4 is 23.4 Å². The van der Waals surface area contributed by atoms with Crippen molar-refractivity contribution in [2.75, 3.05) is 56.1 Å². The first kappa shape index (κ1) is 20.2. The van der Waals surface area contributed by atoms with E-state index in [9.17, 15) is 9.59 Å². The van der Waals surface area contributed by atoms with Crippen molar-refractivity contribution in [2.24, 2.45) is 0 Å². The number of likely N-dealkylation sites (N-methyl/N-ethyl adjacent to an activating group) is 1. The van der Waals surface area contributed by atoms with E-state index in [0.29, 0.717) is 25.2 Å². The molecule has 0 saturated carbocycles. The minimum Gasteiger partial charge on any atom is -0.353 e. The smallest absolute Gasteiger partial charge is 0.324 e. The number of benzene rings is 1. The number of carbonyl (C=O) groups excluding carboxylic acids is 2. The number of aryl methyl sites for hydroxylation is 3. The first-order valence-electron chi connectivity index (χ1n) is 10.5. The molecule has 0 spiro atoms. The molecule has 7 heteroatoms. The first-order chi connectivity index (χ1) is 14.3. The van der Waals surface area contributed by atoms with Gasteiger partial charge in [0.2, 0.25) is 0 Å². The fourth-order valence-electron chi connectivity index (χ4n) is 4.27. The minimum absolute atomic E-state index is 0.00427. The average Bonchev–Trinajstić information content (AvgIpc) is 3.06. The number of nitrogens with zero attached hydrogens (tertiary/aromatic N) is 5. The number of piperazine rings is 1. The molecule has 4 rings (SSSR count). The Morgan fingerprint density at radius 1 is 0.933 bits per heavy atom. The second-order valence-electron chi connectivity index (χ2n) is 8.29. The monoisotopic (exact) mass is 407 g/mol. The van der Waals surface area contributed by atoms with E-state index in [1.165, 1.54) is 5.56 Å². The number of pyridine rings is 1. The molecule has 30 heavy (non-hydrogen) atoms. The van der Waals surface area contributed by atoms with Crippen LogP contribution in [0.15, 0.2) is 30.5 Å². The summed E-state index contributed by atoms with van der Waals surface area (Å²) in [6, 6.07) is 7.84. The van der Waals surface area contributed by atoms with Crippen LogP contribution in [0.4, 0.5) is 16.3 Å². The molecule has 158 valence electrons. The van der Waals surface area contributed by atoms with Crippen LogP contribution in [0.25, 0.3) is 0 Å². The fraction of sp³-hybridized carbons (Fsp3) is 0.435. The highest BCUT2D eigenvalue weighted by molar-refractivity contribution is 5.98. The van der Waals surface area contributed by atoms with Gasteiger partial charge in [-0.2, -0.15) is 0 Å². The third-order valence-electron chi connectivity index (χ3n) is 6.02. The molecule has 2 saturated heterocycles. The summed E-state index contributed by atoms with van der Waals surface area (Å²) in [5, 5.41) is 0. The van der Waals surface area contributed by atoms with Crippen LogP contribution in [0, 0.1) is 20.8 Å². The van der Waals surface area contributed by atoms with Crippen LogP contribution in [0.1, 0.15) is 27.0 Å². The van der Waals surface area contributed by atoms with Gasteiger partial charge in [-0.3, -0.25) is 9.69 Å². The summed E-state index contributed by atoms with van der Waals surface area (Å²) in [6.45, 7) is 10.4. The van der Waals surface area contributed by atoms with Crippen molar-refractivity contribution < 1.29 is 9.59 Å². The number of urea groups is 1. The molecule has 1 aromatic heterocycles. The van der Waals surface area contributed by atoms with Gasteiger partial charge in [0.15, 0.2) is 0 Å². The molecule has 3 heterocycles. The van der Waals surface area contributed by atoms with Crippen LogP contribution in [0.5, 0.6) is 0 Å². The van der Waals surface area contributed by atoms with E-state index >= 15 is 0 Å². The zero-order valence-corrected chi connectivity index (χ0v) is 18.2. The lowest BCUT2D eigenvalue weighted by Gasteiger charge is -2.36. The number of anilines is 2. The van der Waals surface area contributed by atoms with E-state index in [2.05, 4.69) is 22.9 Å². The molecule has 0 radical (unpaired) electrons. The summed E-state index contributed by atoms with van der Waals surface area (Å²) in [4.78, 5) is 37.6. The molecule has 0 N–H and O–H groups in total. The van der Waals surface area contributed by atoms with E-state index in [1.807, 2.05) is 43.1 Å². The summed E-state index contributed by atoms with van der Waals surface area (Å²) in [6.07, 6.45) is 1.90. The van der Waals surface area contributed by atoms with Crippen LogP contribution >= 0.6 is 0 Å². The predicted molar refractivity (Wildman–Crippen MR) is 118 cm³/mol. The lowest BCUT2D eigenvalue weighted by atomic mass is 10.1. The largest absolute Gasteiger partial charge is 0.353 e. The Kier molecular flexibility index (Phi) is 5.37. The maximum atomic E-state index is 13.1. The Labute approximate surface area is 177 Å². The summed E-state index contributed by atoms with van der Waals surface area (Å²) in [5.41, 5.74) is 4.79. The molecule has 7 nitrogen and oxygen atoms in total. The molecule has 0 aliphatic carbocycles. The number of rotatable bonds is 3. The molecule has 2 aliphatic rings. The number of carbonyl (C=O) groups is 2. The van der Waals surface area contributed by atoms with Crippen molar-refractivity contribution in [2.45, 2.75) is 20.8 Å². The normalized spacial score (nSPS) is 17.1. The molecule has 0 bridgehead atoms. The van der Waals surface area contributed by atoms with Gasteiger partial charge in [0.1, 0.15) is 5.82 Å². The summed E-state index contributed by atoms with van der Waals surface area (Å²) in [7, 11) is 1.81. The van der Waals surface area contributed by atoms with E-state index in [4.69, 9.17) is 0 Å². The van der Waals surface area contributed by atoms with Crippen molar-refractivity contribution in [3.8, 4) is 0 Å². The van der Waals surface area contributed by atoms with E-state index in [-0.39, 0.29) is 11.9 Å². The number of aromatic nitrogens is 1. The van der Waals surface area contributed by atoms with Crippen molar-refractivity contribution in [1.29, 1.82) is 0 Å². The Morgan fingerprint density at radius 3 is 2.27 bits per heavy atom. The molecule has 3 amide bonds. The maximum Gasteiger partial charge on any atom is 0.324 e. The standard InChI is InChI=1S/C23H29N5O2/c1-16-13-18(3)21(24-15-16)26-8-10-27(11-9-26)22(29)20-6-5-19(14-17(20)2)28-12-7-25(4)23(28)30/h5-6,13-15H,7-12H2,1-4H3. The number of hydrogen-bond acceptors (Lipinski definition) is 4. The fourth-order valence-corrected chi connectivity index (χ4v) is 4.27. The van der Waals surface area contributed by atoms with E-state index < -0.39 is 0 Å². The van der Waals surface area contributed by atoms with E-state index in [1.54, 1.807) is 16.8 Å². The topological polar surface area (TPSA) is 60.0 Å². The Hall–Kier alpha value is -3.09. The summed E-state index contributed by atoms with van der Waals surface area (Å²) >= 11 is 0. The molecular formula is C23H29N5O2. The van der Waals surface area contributed by atoms with Gasteiger partial charge < -0.3 is 14.7 Å². The minimum atomic E-state index is 0.00427. The van der Waals surface area contributed by atoms with Crippen LogP contribution in [-0.2, 0) is 0 Å². The van der Waals surface area contributed by atoms with Gasteiger partial charge in [-0.1, -0.05) is 6.07 Å². The van der Waals surface area contributed by atoms with Gasteiger partial charge in [-0.15, -0.1) is 0 Å². The van der Waals surface area contributed by atoms with Gasteiger partial charge >= 0.3 is 6.03 Å². The van der Waals surface area contributed by atoms with Gasteiger partial charge in [0.25, 0.3) is 5.91 Å². The van der Waals surface area contributed by atoms with Gasteiger partial charge in [-0.05, 0) is 55.7 Å². The Morgan fingerprint density at radius 2 is 1.67 bits per heavy atom. The molecule has 0 atom stereocenters. The third kappa shape index (κ3) is 3.72. The second-order valence-corrected chi connectivity index (χ2v) is 8.29. The van der Waals surface area contributed by atoms with Gasteiger partial charge in [-0.25, -0.2) is 9.78 Å². The maximum absolute atomic E-state index is 13.1. The first-order valence-corrected chi connectivity index (χ1v) is 10.5. The van der Waals surface area contributed by atoms with Crippen molar-refractivity contribution in [1.82, 2.24) is 14.8 Å². The molecule has 0 unspecified atom stereocenters. The molecule has 2 aliphatic heterocycles. The number of amides is 3. The lowest BCUT2D eigenvalue weighted by molar-refractivity contribution is 0.0746. The SMILES string of the molecule is Cc1cnc(N2CCN(C(=O)c3ccc(N4CCN(C)C4=O)cc3C)CC2)c(C)c1. The third-order valence-corrected chi connectivity index (χ3v) is 6.02. The van der Waals surface area contributed by atoms with Gasteiger partial charge in [0, 0.05) is 63.8 Å². The second kappa shape index (κ2) is 7.97. The summed E-state index contributed by atoms with van der Waals surface area (Å²) < 4.78 is 0. The molecular weight excluding hydrogens is 378 g/mol. The van der Waals surface area contributed by atoms with Crippen LogP contribution in [-0.4, -0.2) is 73.0 Å². The highest BCUT2D eigenvalue weighted by atomic mass is 16.2. The van der Waals surface area contributed by atoms with Crippen LogP contribution < -0.4 is 9.80 Å². The number of hydrogen-bond donors (Lipinski definition) is 0. The van der Waals surface area contributed by atoms with Crippen molar-refractivity contribution in [3.63, 3.8) is 0 Å². The molecule has 2 fully saturated rings. The van der Waals surface area contributed by atoms with Crippen LogP contribution in [0.3, 0.4) is 0 Å². The zero-order valence-electron chi connectivity index (χ0n) is 18.2.